The highest BCUT2D eigenvalue weighted by Gasteiger charge is 2.07. The molecular formula is C29H24ClN3O2. The second-order valence-electron chi connectivity index (χ2n) is 8.22. The summed E-state index contributed by atoms with van der Waals surface area (Å²) < 4.78 is 7.97. The molecule has 0 amide bonds. The minimum atomic E-state index is -0.0820. The number of imidazole rings is 1. The van der Waals surface area contributed by atoms with E-state index in [9.17, 15) is 5.11 Å². The van der Waals surface area contributed by atoms with E-state index in [1.165, 1.54) is 0 Å². The molecule has 0 aliphatic heterocycles. The van der Waals surface area contributed by atoms with E-state index in [0.717, 1.165) is 39.0 Å². The summed E-state index contributed by atoms with van der Waals surface area (Å²) in [5.74, 6) is 0.778. The lowest BCUT2D eigenvalue weighted by Crippen LogP contribution is -2.00. The normalized spacial score (nSPS) is 11.7. The molecular weight excluding hydrogens is 458 g/mol. The third-order valence-corrected chi connectivity index (χ3v) is 5.93. The number of ether oxygens (including phenoxy) is 1. The number of allylic oxidation sites excluding steroid dienone is 1. The lowest BCUT2D eigenvalue weighted by molar-refractivity contribution is 0.277. The Balaban J connectivity index is 1.34. The Hall–Kier alpha value is -3.93. The Bertz CT molecular complexity index is 1460. The number of para-hydroxylation sites is 1. The molecule has 0 aliphatic rings. The van der Waals surface area contributed by atoms with Gasteiger partial charge in [-0.2, -0.15) is 0 Å². The molecule has 0 atom stereocenters. The molecule has 0 fully saturated rings. The zero-order valence-electron chi connectivity index (χ0n) is 19.0. The van der Waals surface area contributed by atoms with Crippen LogP contribution in [0, 0.1) is 0 Å². The smallest absolute Gasteiger partial charge is 0.130 e. The minimum absolute atomic E-state index is 0.0820. The molecule has 3 aromatic carbocycles. The van der Waals surface area contributed by atoms with Crippen molar-refractivity contribution in [3.05, 3.63) is 125 Å². The van der Waals surface area contributed by atoms with E-state index in [1.54, 1.807) is 6.33 Å². The van der Waals surface area contributed by atoms with E-state index >= 15 is 0 Å². The van der Waals surface area contributed by atoms with Crippen LogP contribution in [0.3, 0.4) is 0 Å². The predicted molar refractivity (Wildman–Crippen MR) is 140 cm³/mol. The molecule has 0 bridgehead atoms. The summed E-state index contributed by atoms with van der Waals surface area (Å²) >= 11 is 6.06. The summed E-state index contributed by atoms with van der Waals surface area (Å²) in [4.78, 5) is 8.90. The van der Waals surface area contributed by atoms with Gasteiger partial charge in [0.1, 0.15) is 12.4 Å². The number of hydrogen-bond donors (Lipinski definition) is 1. The van der Waals surface area contributed by atoms with Crippen molar-refractivity contribution in [2.24, 2.45) is 0 Å². The summed E-state index contributed by atoms with van der Waals surface area (Å²) in [5.41, 5.74) is 5.70. The Morgan fingerprint density at radius 1 is 0.914 bits per heavy atom. The van der Waals surface area contributed by atoms with Crippen molar-refractivity contribution in [2.45, 2.75) is 19.8 Å². The summed E-state index contributed by atoms with van der Waals surface area (Å²) in [6.07, 6.45) is 5.71. The molecule has 174 valence electrons. The summed E-state index contributed by atoms with van der Waals surface area (Å²) in [7, 11) is 0. The fourth-order valence-corrected chi connectivity index (χ4v) is 3.99. The predicted octanol–water partition coefficient (Wildman–Crippen LogP) is 6.40. The van der Waals surface area contributed by atoms with Crippen molar-refractivity contribution in [1.82, 2.24) is 14.5 Å². The number of benzene rings is 3. The molecule has 0 saturated heterocycles. The van der Waals surface area contributed by atoms with Crippen molar-refractivity contribution >= 4 is 34.2 Å². The van der Waals surface area contributed by atoms with Gasteiger partial charge in [-0.15, -0.1) is 0 Å². The number of aromatic nitrogens is 3. The maximum absolute atomic E-state index is 9.36. The molecule has 5 aromatic rings. The van der Waals surface area contributed by atoms with Crippen LogP contribution in [0.15, 0.2) is 97.5 Å². The highest BCUT2D eigenvalue weighted by molar-refractivity contribution is 6.30. The van der Waals surface area contributed by atoms with Crippen LogP contribution in [0.1, 0.15) is 22.5 Å². The fraction of sp³-hybridized carbons (Fsp3) is 0.103. The van der Waals surface area contributed by atoms with E-state index < -0.39 is 0 Å². The monoisotopic (exact) mass is 481 g/mol. The van der Waals surface area contributed by atoms with E-state index in [4.69, 9.17) is 16.3 Å². The van der Waals surface area contributed by atoms with Crippen molar-refractivity contribution in [2.75, 3.05) is 0 Å². The zero-order chi connectivity index (χ0) is 24.0. The lowest BCUT2D eigenvalue weighted by atomic mass is 10.0. The molecule has 0 radical (unpaired) electrons. The average molecular weight is 482 g/mol. The first kappa shape index (κ1) is 22.8. The third-order valence-electron chi connectivity index (χ3n) is 5.68. The number of hydrogen-bond acceptors (Lipinski definition) is 4. The SMILES string of the molecule is OCc1cn(CC(=Cc2ccc(Cl)cc2)c2ccc(OCc3ccc4ccccc4n3)cc2)cn1. The number of pyridine rings is 1. The first-order chi connectivity index (χ1) is 17.2. The Kier molecular flexibility index (Phi) is 6.89. The molecule has 2 aromatic heterocycles. The molecule has 2 heterocycles. The highest BCUT2D eigenvalue weighted by Crippen LogP contribution is 2.24. The standard InChI is InChI=1S/C29H24ClN3O2/c30-25-10-5-21(6-11-25)15-24(16-33-17-27(18-34)31-20-33)22-8-13-28(14-9-22)35-19-26-12-7-23-3-1-2-4-29(23)32-26/h1-15,17,20,34H,16,18-19H2. The van der Waals surface area contributed by atoms with Crippen LogP contribution in [0.25, 0.3) is 22.6 Å². The van der Waals surface area contributed by atoms with E-state index in [0.29, 0.717) is 23.9 Å². The second kappa shape index (κ2) is 10.6. The number of rotatable bonds is 8. The van der Waals surface area contributed by atoms with Crippen LogP contribution in [0.2, 0.25) is 5.02 Å². The van der Waals surface area contributed by atoms with Gasteiger partial charge < -0.3 is 14.4 Å². The maximum atomic E-state index is 9.36. The van der Waals surface area contributed by atoms with Gasteiger partial charge in [0, 0.05) is 23.2 Å². The van der Waals surface area contributed by atoms with Crippen LogP contribution < -0.4 is 4.74 Å². The van der Waals surface area contributed by atoms with E-state index in [-0.39, 0.29) is 6.61 Å². The van der Waals surface area contributed by atoms with Crippen LogP contribution in [0.5, 0.6) is 5.75 Å². The molecule has 1 N–H and O–H groups in total. The van der Waals surface area contributed by atoms with Gasteiger partial charge in [-0.1, -0.05) is 60.1 Å². The minimum Gasteiger partial charge on any atom is -0.487 e. The summed E-state index contributed by atoms with van der Waals surface area (Å²) in [5, 5.41) is 11.2. The van der Waals surface area contributed by atoms with Crippen LogP contribution in [-0.2, 0) is 19.8 Å². The number of fused-ring (bicyclic) bond motifs is 1. The topological polar surface area (TPSA) is 60.2 Å². The maximum Gasteiger partial charge on any atom is 0.130 e. The van der Waals surface area contributed by atoms with Gasteiger partial charge in [0.25, 0.3) is 0 Å². The molecule has 35 heavy (non-hydrogen) atoms. The Labute approximate surface area is 208 Å². The first-order valence-corrected chi connectivity index (χ1v) is 11.7. The van der Waals surface area contributed by atoms with Crippen molar-refractivity contribution in [3.8, 4) is 5.75 Å². The molecule has 0 aliphatic carbocycles. The Morgan fingerprint density at radius 2 is 1.71 bits per heavy atom. The van der Waals surface area contributed by atoms with Gasteiger partial charge in [-0.3, -0.25) is 0 Å². The number of aliphatic hydroxyl groups is 1. The Morgan fingerprint density at radius 3 is 2.49 bits per heavy atom. The average Bonchev–Trinajstić information content (AvgIpc) is 3.36. The van der Waals surface area contributed by atoms with Crippen molar-refractivity contribution in [3.63, 3.8) is 0 Å². The van der Waals surface area contributed by atoms with Crippen molar-refractivity contribution < 1.29 is 9.84 Å². The zero-order valence-corrected chi connectivity index (χ0v) is 19.8. The van der Waals surface area contributed by atoms with Crippen LogP contribution in [0.4, 0.5) is 0 Å². The molecule has 5 rings (SSSR count). The number of nitrogens with zero attached hydrogens (tertiary/aromatic N) is 3. The van der Waals surface area contributed by atoms with Gasteiger partial charge >= 0.3 is 0 Å². The molecule has 0 saturated carbocycles. The van der Waals surface area contributed by atoms with Crippen molar-refractivity contribution in [1.29, 1.82) is 0 Å². The van der Waals surface area contributed by atoms with Gasteiger partial charge in [0.2, 0.25) is 0 Å². The molecule has 5 nitrogen and oxygen atoms in total. The number of halogens is 1. The highest BCUT2D eigenvalue weighted by atomic mass is 35.5. The lowest BCUT2D eigenvalue weighted by Gasteiger charge is -2.12. The van der Waals surface area contributed by atoms with Gasteiger partial charge in [0.05, 0.1) is 29.8 Å². The quantitative estimate of drug-likeness (QED) is 0.261. The van der Waals surface area contributed by atoms with E-state index in [1.807, 2.05) is 71.4 Å². The van der Waals surface area contributed by atoms with Crippen LogP contribution >= 0.6 is 11.6 Å². The largest absolute Gasteiger partial charge is 0.487 e. The summed E-state index contributed by atoms with van der Waals surface area (Å²) in [6.45, 7) is 0.925. The van der Waals surface area contributed by atoms with E-state index in [2.05, 4.69) is 40.3 Å². The molecule has 0 unspecified atom stereocenters. The first-order valence-electron chi connectivity index (χ1n) is 11.3. The second-order valence-corrected chi connectivity index (χ2v) is 8.66. The third kappa shape index (κ3) is 5.77. The van der Waals surface area contributed by atoms with Gasteiger partial charge in [-0.05, 0) is 59.2 Å². The van der Waals surface area contributed by atoms with Crippen LogP contribution in [-0.4, -0.2) is 19.6 Å². The number of aliphatic hydroxyl groups excluding tert-OH is 1. The van der Waals surface area contributed by atoms with Gasteiger partial charge in [0.15, 0.2) is 0 Å². The fourth-order valence-electron chi connectivity index (χ4n) is 3.86. The van der Waals surface area contributed by atoms with Gasteiger partial charge in [-0.25, -0.2) is 9.97 Å². The molecule has 6 heteroatoms. The molecule has 0 spiro atoms. The summed E-state index contributed by atoms with van der Waals surface area (Å²) in [6, 6.07) is 27.9.